The standard InChI is InChI=1S/C22H22FN3O3/c1-3-29-20-7-5-4-6-18(20)22(28)26-19(15-8-10-16(23)11-9-15)12-17-13-21(27)25-14(2)24-17/h4-11,13,19H,3,12H2,1-2H3,(H,26,28)(H,24,25,27). The van der Waals surface area contributed by atoms with Gasteiger partial charge in [0.1, 0.15) is 17.4 Å². The van der Waals surface area contributed by atoms with E-state index in [1.54, 1.807) is 43.3 Å². The molecule has 0 saturated heterocycles. The lowest BCUT2D eigenvalue weighted by Gasteiger charge is -2.20. The second kappa shape index (κ2) is 9.14. The van der Waals surface area contributed by atoms with Gasteiger partial charge in [-0.2, -0.15) is 0 Å². The number of carbonyl (C=O) groups excluding carboxylic acids is 1. The van der Waals surface area contributed by atoms with E-state index in [2.05, 4.69) is 15.3 Å². The molecule has 0 spiro atoms. The molecule has 0 saturated carbocycles. The van der Waals surface area contributed by atoms with Crippen LogP contribution >= 0.6 is 0 Å². The Morgan fingerprint density at radius 3 is 2.62 bits per heavy atom. The number of benzene rings is 2. The number of ether oxygens (including phenoxy) is 1. The summed E-state index contributed by atoms with van der Waals surface area (Å²) in [5, 5.41) is 2.96. The molecule has 0 aliphatic carbocycles. The summed E-state index contributed by atoms with van der Waals surface area (Å²) in [5.41, 5.74) is 1.36. The lowest BCUT2D eigenvalue weighted by atomic mass is 10.0. The van der Waals surface area contributed by atoms with Gasteiger partial charge in [0, 0.05) is 12.5 Å². The zero-order chi connectivity index (χ0) is 20.8. The maximum atomic E-state index is 13.4. The van der Waals surface area contributed by atoms with Crippen molar-refractivity contribution in [2.75, 3.05) is 6.61 Å². The van der Waals surface area contributed by atoms with Gasteiger partial charge < -0.3 is 15.0 Å². The summed E-state index contributed by atoms with van der Waals surface area (Å²) in [5.74, 6) is 0.268. The van der Waals surface area contributed by atoms with Gasteiger partial charge in [-0.3, -0.25) is 9.59 Å². The zero-order valence-corrected chi connectivity index (χ0v) is 16.2. The van der Waals surface area contributed by atoms with E-state index in [4.69, 9.17) is 4.74 Å². The van der Waals surface area contributed by atoms with Crippen LogP contribution in [0.4, 0.5) is 4.39 Å². The van der Waals surface area contributed by atoms with Crippen molar-refractivity contribution in [2.24, 2.45) is 0 Å². The van der Waals surface area contributed by atoms with Gasteiger partial charge >= 0.3 is 0 Å². The summed E-state index contributed by atoms with van der Waals surface area (Å²) in [6, 6.07) is 13.7. The lowest BCUT2D eigenvalue weighted by molar-refractivity contribution is 0.0932. The number of nitrogens with one attached hydrogen (secondary N) is 2. The Kier molecular flexibility index (Phi) is 6.39. The normalized spacial score (nSPS) is 11.7. The molecule has 29 heavy (non-hydrogen) atoms. The summed E-state index contributed by atoms with van der Waals surface area (Å²) in [4.78, 5) is 31.7. The van der Waals surface area contributed by atoms with Crippen molar-refractivity contribution >= 4 is 5.91 Å². The molecule has 150 valence electrons. The molecule has 2 N–H and O–H groups in total. The van der Waals surface area contributed by atoms with E-state index in [1.807, 2.05) is 6.92 Å². The highest BCUT2D eigenvalue weighted by Gasteiger charge is 2.20. The topological polar surface area (TPSA) is 84.1 Å². The van der Waals surface area contributed by atoms with Crippen LogP contribution in [0.3, 0.4) is 0 Å². The third-order valence-corrected chi connectivity index (χ3v) is 4.34. The van der Waals surface area contributed by atoms with Gasteiger partial charge in [-0.15, -0.1) is 0 Å². The third kappa shape index (κ3) is 5.28. The van der Waals surface area contributed by atoms with Crippen LogP contribution in [0.5, 0.6) is 5.75 Å². The number of hydrogen-bond acceptors (Lipinski definition) is 4. The number of hydrogen-bond donors (Lipinski definition) is 2. The van der Waals surface area contributed by atoms with E-state index in [1.165, 1.54) is 18.2 Å². The predicted molar refractivity (Wildman–Crippen MR) is 108 cm³/mol. The average Bonchev–Trinajstić information content (AvgIpc) is 2.68. The minimum Gasteiger partial charge on any atom is -0.493 e. The Labute approximate surface area is 167 Å². The van der Waals surface area contributed by atoms with Crippen LogP contribution in [-0.4, -0.2) is 22.5 Å². The van der Waals surface area contributed by atoms with Gasteiger partial charge in [0.25, 0.3) is 11.5 Å². The molecule has 0 fully saturated rings. The van der Waals surface area contributed by atoms with E-state index in [9.17, 15) is 14.0 Å². The van der Waals surface area contributed by atoms with E-state index >= 15 is 0 Å². The van der Waals surface area contributed by atoms with Crippen molar-refractivity contribution < 1.29 is 13.9 Å². The van der Waals surface area contributed by atoms with Crippen LogP contribution in [0.25, 0.3) is 0 Å². The Morgan fingerprint density at radius 2 is 1.93 bits per heavy atom. The van der Waals surface area contributed by atoms with Crippen molar-refractivity contribution in [1.82, 2.24) is 15.3 Å². The number of nitrogens with zero attached hydrogens (tertiary/aromatic N) is 1. The molecular weight excluding hydrogens is 373 g/mol. The fourth-order valence-electron chi connectivity index (χ4n) is 3.07. The van der Waals surface area contributed by atoms with Gasteiger partial charge in [-0.05, 0) is 43.7 Å². The van der Waals surface area contributed by atoms with Crippen LogP contribution in [0, 0.1) is 12.7 Å². The SMILES string of the molecule is CCOc1ccccc1C(=O)NC(Cc1cc(=O)[nH]c(C)n1)c1ccc(F)cc1. The molecule has 1 atom stereocenters. The maximum Gasteiger partial charge on any atom is 0.255 e. The third-order valence-electron chi connectivity index (χ3n) is 4.34. The van der Waals surface area contributed by atoms with Gasteiger partial charge in [0.2, 0.25) is 0 Å². The van der Waals surface area contributed by atoms with Crippen LogP contribution < -0.4 is 15.6 Å². The minimum absolute atomic E-state index is 0.265. The number of amides is 1. The van der Waals surface area contributed by atoms with Crippen molar-refractivity contribution in [3.05, 3.63) is 93.4 Å². The van der Waals surface area contributed by atoms with Crippen molar-refractivity contribution in [3.8, 4) is 5.75 Å². The smallest absolute Gasteiger partial charge is 0.255 e. The quantitative estimate of drug-likeness (QED) is 0.643. The summed E-state index contributed by atoms with van der Waals surface area (Å²) in [6.07, 6.45) is 0.277. The zero-order valence-electron chi connectivity index (χ0n) is 16.2. The molecule has 1 heterocycles. The number of rotatable bonds is 7. The van der Waals surface area contributed by atoms with Crippen molar-refractivity contribution in [1.29, 1.82) is 0 Å². The summed E-state index contributed by atoms with van der Waals surface area (Å²) < 4.78 is 18.9. The molecule has 0 aliphatic rings. The molecule has 1 amide bonds. The molecule has 2 aromatic carbocycles. The molecule has 1 unspecified atom stereocenters. The Bertz CT molecular complexity index is 1050. The van der Waals surface area contributed by atoms with E-state index in [0.717, 1.165) is 0 Å². The largest absolute Gasteiger partial charge is 0.493 e. The first-order chi connectivity index (χ1) is 14.0. The maximum absolute atomic E-state index is 13.4. The summed E-state index contributed by atoms with van der Waals surface area (Å²) in [6.45, 7) is 3.97. The highest BCUT2D eigenvalue weighted by molar-refractivity contribution is 5.97. The fraction of sp³-hybridized carbons (Fsp3) is 0.227. The predicted octanol–water partition coefficient (Wildman–Crippen LogP) is 3.33. The fourth-order valence-corrected chi connectivity index (χ4v) is 3.07. The first-order valence-corrected chi connectivity index (χ1v) is 9.31. The number of carbonyl (C=O) groups is 1. The van der Waals surface area contributed by atoms with Crippen LogP contribution in [0.2, 0.25) is 0 Å². The van der Waals surface area contributed by atoms with E-state index in [-0.39, 0.29) is 23.7 Å². The molecule has 1 aromatic heterocycles. The summed E-state index contributed by atoms with van der Waals surface area (Å²) in [7, 11) is 0. The molecule has 3 rings (SSSR count). The Hall–Kier alpha value is -3.48. The first kappa shape index (κ1) is 20.3. The number of para-hydroxylation sites is 1. The highest BCUT2D eigenvalue weighted by atomic mass is 19.1. The monoisotopic (exact) mass is 395 g/mol. The van der Waals surface area contributed by atoms with Crippen LogP contribution in [0.1, 0.15) is 40.4 Å². The van der Waals surface area contributed by atoms with Gasteiger partial charge in [0.15, 0.2) is 0 Å². The molecule has 0 aliphatic heterocycles. The highest BCUT2D eigenvalue weighted by Crippen LogP contribution is 2.22. The lowest BCUT2D eigenvalue weighted by Crippen LogP contribution is -2.31. The van der Waals surface area contributed by atoms with Crippen molar-refractivity contribution in [3.63, 3.8) is 0 Å². The molecule has 3 aromatic rings. The number of aryl methyl sites for hydroxylation is 1. The van der Waals surface area contributed by atoms with Crippen LogP contribution in [0.15, 0.2) is 59.4 Å². The Morgan fingerprint density at radius 1 is 1.21 bits per heavy atom. The molecule has 0 bridgehead atoms. The van der Waals surface area contributed by atoms with Gasteiger partial charge in [-0.1, -0.05) is 24.3 Å². The number of H-pyrrole nitrogens is 1. The minimum atomic E-state index is -0.508. The van der Waals surface area contributed by atoms with Crippen molar-refractivity contribution in [2.45, 2.75) is 26.3 Å². The molecule has 7 heteroatoms. The van der Waals surface area contributed by atoms with Gasteiger partial charge in [-0.25, -0.2) is 9.37 Å². The Balaban J connectivity index is 1.92. The van der Waals surface area contributed by atoms with E-state index < -0.39 is 6.04 Å². The number of halogens is 1. The molecule has 6 nitrogen and oxygen atoms in total. The second-order valence-corrected chi connectivity index (χ2v) is 6.53. The number of aromatic nitrogens is 2. The average molecular weight is 395 g/mol. The number of aromatic amines is 1. The molecule has 0 radical (unpaired) electrons. The van der Waals surface area contributed by atoms with E-state index in [0.29, 0.717) is 35.0 Å². The second-order valence-electron chi connectivity index (χ2n) is 6.53. The first-order valence-electron chi connectivity index (χ1n) is 9.31. The summed E-state index contributed by atoms with van der Waals surface area (Å²) >= 11 is 0. The van der Waals surface area contributed by atoms with Gasteiger partial charge in [0.05, 0.1) is 23.9 Å². The molecular formula is C22H22FN3O3. The van der Waals surface area contributed by atoms with Crippen LogP contribution in [-0.2, 0) is 6.42 Å².